The molecule has 0 aromatic heterocycles. The number of hydrogen-bond acceptors (Lipinski definition) is 3. The number of rotatable bonds is 2. The van der Waals surface area contributed by atoms with E-state index in [1.54, 1.807) is 0 Å². The Labute approximate surface area is 91.0 Å². The summed E-state index contributed by atoms with van der Waals surface area (Å²) in [6.07, 6.45) is 4.65. The van der Waals surface area contributed by atoms with Crippen LogP contribution in [0, 0.1) is 11.3 Å². The largest absolute Gasteiger partial charge is 0.469 e. The summed E-state index contributed by atoms with van der Waals surface area (Å²) in [6, 6.07) is 0. The molecule has 0 bridgehead atoms. The van der Waals surface area contributed by atoms with Crippen molar-refractivity contribution in [1.29, 1.82) is 0 Å². The van der Waals surface area contributed by atoms with Crippen molar-refractivity contribution in [1.82, 2.24) is 5.32 Å². The molecule has 1 saturated heterocycles. The smallest absolute Gasteiger partial charge is 0.313 e. The molecule has 2 rings (SSSR count). The van der Waals surface area contributed by atoms with Gasteiger partial charge in [0.05, 0.1) is 12.5 Å². The third-order valence-corrected chi connectivity index (χ3v) is 3.67. The Bertz CT molecular complexity index is 210. The summed E-state index contributed by atoms with van der Waals surface area (Å²) in [5.74, 6) is 0.581. The van der Waals surface area contributed by atoms with E-state index in [0.717, 1.165) is 19.5 Å². The zero-order valence-corrected chi connectivity index (χ0v) is 9.36. The van der Waals surface area contributed by atoms with E-state index in [4.69, 9.17) is 4.74 Å². The lowest BCUT2D eigenvalue weighted by atomic mass is 9.64. The van der Waals surface area contributed by atoms with Gasteiger partial charge in [0.15, 0.2) is 0 Å². The van der Waals surface area contributed by atoms with Gasteiger partial charge < -0.3 is 10.1 Å². The lowest BCUT2D eigenvalue weighted by Crippen LogP contribution is -2.44. The highest BCUT2D eigenvalue weighted by Crippen LogP contribution is 2.46. The Balaban J connectivity index is 0.000000980. The van der Waals surface area contributed by atoms with Crippen LogP contribution in [0.1, 0.15) is 25.7 Å². The fourth-order valence-corrected chi connectivity index (χ4v) is 2.56. The molecule has 1 aliphatic carbocycles. The number of methoxy groups -OCH3 is 1. The van der Waals surface area contributed by atoms with Crippen LogP contribution in [0.4, 0.5) is 0 Å². The molecular weight excluding hydrogens is 202 g/mol. The van der Waals surface area contributed by atoms with Crippen LogP contribution in [0.5, 0.6) is 0 Å². The summed E-state index contributed by atoms with van der Waals surface area (Å²) >= 11 is 0. The number of esters is 1. The number of carbonyl (C=O) groups is 1. The average Bonchev–Trinajstić information content (AvgIpc) is 2.50. The number of carbonyl (C=O) groups excluding carboxylic acids is 1. The molecule has 4 heteroatoms. The van der Waals surface area contributed by atoms with Crippen molar-refractivity contribution in [3.05, 3.63) is 0 Å². The van der Waals surface area contributed by atoms with E-state index in [-0.39, 0.29) is 23.8 Å². The standard InChI is InChI=1S/C10H17NO2.ClH/c1-13-9(12)10(5-6-11-7-10)8-3-2-4-8;/h8,11H,2-7H2,1H3;1H. The molecule has 0 amide bonds. The van der Waals surface area contributed by atoms with Crippen molar-refractivity contribution in [2.75, 3.05) is 20.2 Å². The van der Waals surface area contributed by atoms with E-state index in [1.807, 2.05) is 0 Å². The molecule has 1 heterocycles. The predicted octanol–water partition coefficient (Wildman–Crippen LogP) is 1.36. The van der Waals surface area contributed by atoms with Gasteiger partial charge in [-0.15, -0.1) is 12.4 Å². The van der Waals surface area contributed by atoms with Crippen LogP contribution in [0.2, 0.25) is 0 Å². The number of halogens is 1. The summed E-state index contributed by atoms with van der Waals surface area (Å²) in [5.41, 5.74) is -0.174. The van der Waals surface area contributed by atoms with Gasteiger partial charge in [-0.2, -0.15) is 0 Å². The Morgan fingerprint density at radius 3 is 2.57 bits per heavy atom. The second-order valence-electron chi connectivity index (χ2n) is 4.20. The van der Waals surface area contributed by atoms with E-state index in [1.165, 1.54) is 26.4 Å². The molecule has 1 unspecified atom stereocenters. The minimum atomic E-state index is -0.174. The van der Waals surface area contributed by atoms with Gasteiger partial charge in [-0.25, -0.2) is 0 Å². The lowest BCUT2D eigenvalue weighted by molar-refractivity contribution is -0.157. The van der Waals surface area contributed by atoms with Gasteiger partial charge in [-0.05, 0) is 31.7 Å². The molecule has 1 atom stereocenters. The Morgan fingerprint density at radius 2 is 2.21 bits per heavy atom. The first kappa shape index (κ1) is 11.8. The molecule has 0 radical (unpaired) electrons. The number of ether oxygens (including phenoxy) is 1. The van der Waals surface area contributed by atoms with Gasteiger partial charge in [0.1, 0.15) is 0 Å². The normalized spacial score (nSPS) is 31.8. The summed E-state index contributed by atoms with van der Waals surface area (Å²) in [7, 11) is 1.50. The third kappa shape index (κ3) is 1.63. The van der Waals surface area contributed by atoms with Crippen LogP contribution < -0.4 is 5.32 Å². The van der Waals surface area contributed by atoms with Crippen LogP contribution in [0.15, 0.2) is 0 Å². The van der Waals surface area contributed by atoms with Crippen molar-refractivity contribution in [3.8, 4) is 0 Å². The topological polar surface area (TPSA) is 38.3 Å². The maximum atomic E-state index is 11.7. The fourth-order valence-electron chi connectivity index (χ4n) is 2.56. The highest BCUT2D eigenvalue weighted by Gasteiger charge is 2.50. The zero-order valence-electron chi connectivity index (χ0n) is 8.54. The van der Waals surface area contributed by atoms with Crippen LogP contribution in [0.3, 0.4) is 0 Å². The fraction of sp³-hybridized carbons (Fsp3) is 0.900. The molecule has 2 fully saturated rings. The second kappa shape index (κ2) is 4.49. The maximum Gasteiger partial charge on any atom is 0.313 e. The van der Waals surface area contributed by atoms with Crippen LogP contribution in [-0.2, 0) is 9.53 Å². The molecule has 1 N–H and O–H groups in total. The van der Waals surface area contributed by atoms with Crippen LogP contribution >= 0.6 is 12.4 Å². The molecule has 0 aromatic rings. The van der Waals surface area contributed by atoms with Crippen molar-refractivity contribution in [2.45, 2.75) is 25.7 Å². The summed E-state index contributed by atoms with van der Waals surface area (Å²) in [5, 5.41) is 3.28. The first-order valence-electron chi connectivity index (χ1n) is 5.09. The predicted molar refractivity (Wildman–Crippen MR) is 56.5 cm³/mol. The van der Waals surface area contributed by atoms with Gasteiger partial charge >= 0.3 is 5.97 Å². The second-order valence-corrected chi connectivity index (χ2v) is 4.20. The van der Waals surface area contributed by atoms with E-state index < -0.39 is 0 Å². The number of hydrogen-bond donors (Lipinski definition) is 1. The van der Waals surface area contributed by atoms with E-state index in [9.17, 15) is 4.79 Å². The summed E-state index contributed by atoms with van der Waals surface area (Å²) in [4.78, 5) is 11.7. The summed E-state index contributed by atoms with van der Waals surface area (Å²) < 4.78 is 4.92. The first-order chi connectivity index (χ1) is 6.29. The van der Waals surface area contributed by atoms with E-state index in [2.05, 4.69) is 5.32 Å². The Hall–Kier alpha value is -0.280. The van der Waals surface area contributed by atoms with E-state index >= 15 is 0 Å². The molecule has 14 heavy (non-hydrogen) atoms. The molecule has 0 aromatic carbocycles. The van der Waals surface area contributed by atoms with Crippen LogP contribution in [0.25, 0.3) is 0 Å². The van der Waals surface area contributed by atoms with Gasteiger partial charge in [0.25, 0.3) is 0 Å². The minimum Gasteiger partial charge on any atom is -0.469 e. The average molecular weight is 220 g/mol. The Morgan fingerprint density at radius 1 is 1.50 bits per heavy atom. The summed E-state index contributed by atoms with van der Waals surface area (Å²) in [6.45, 7) is 1.79. The quantitative estimate of drug-likeness (QED) is 0.713. The molecule has 3 nitrogen and oxygen atoms in total. The molecular formula is C10H18ClNO2. The maximum absolute atomic E-state index is 11.7. The lowest BCUT2D eigenvalue weighted by Gasteiger charge is -2.39. The number of nitrogens with one attached hydrogen (secondary N) is 1. The highest BCUT2D eigenvalue weighted by molar-refractivity contribution is 5.85. The third-order valence-electron chi connectivity index (χ3n) is 3.67. The van der Waals surface area contributed by atoms with Crippen molar-refractivity contribution in [3.63, 3.8) is 0 Å². The van der Waals surface area contributed by atoms with Crippen molar-refractivity contribution < 1.29 is 9.53 Å². The van der Waals surface area contributed by atoms with Gasteiger partial charge in [-0.1, -0.05) is 6.42 Å². The Kier molecular flexibility index (Phi) is 3.78. The van der Waals surface area contributed by atoms with Crippen molar-refractivity contribution >= 4 is 18.4 Å². The van der Waals surface area contributed by atoms with Crippen LogP contribution in [-0.4, -0.2) is 26.2 Å². The van der Waals surface area contributed by atoms with Gasteiger partial charge in [0.2, 0.25) is 0 Å². The van der Waals surface area contributed by atoms with E-state index in [0.29, 0.717) is 5.92 Å². The minimum absolute atomic E-state index is 0. The van der Waals surface area contributed by atoms with Gasteiger partial charge in [-0.3, -0.25) is 4.79 Å². The SMILES string of the molecule is COC(=O)C1(C2CCC2)CCNC1.Cl. The van der Waals surface area contributed by atoms with Crippen molar-refractivity contribution in [2.24, 2.45) is 11.3 Å². The molecule has 2 aliphatic rings. The molecule has 1 saturated carbocycles. The first-order valence-corrected chi connectivity index (χ1v) is 5.09. The molecule has 1 aliphatic heterocycles. The monoisotopic (exact) mass is 219 g/mol. The molecule has 0 spiro atoms. The van der Waals surface area contributed by atoms with Gasteiger partial charge in [0, 0.05) is 6.54 Å². The highest BCUT2D eigenvalue weighted by atomic mass is 35.5. The molecule has 82 valence electrons. The zero-order chi connectivity index (χ0) is 9.31.